The molecule has 1 nitrogen and oxygen atoms in total. The Morgan fingerprint density at radius 3 is 1.00 bits per heavy atom. The zero-order chi connectivity index (χ0) is 8.73. The Balaban J connectivity index is 0. The minimum absolute atomic E-state index is 0.167. The first-order chi connectivity index (χ1) is 4.37. The minimum Gasteiger partial charge on any atom is -0.300 e. The Labute approximate surface area is 55.3 Å². The highest BCUT2D eigenvalue weighted by atomic mass is 19.3. The predicted molar refractivity (Wildman–Crippen MR) is 27.8 cm³/mol. The van der Waals surface area contributed by atoms with E-state index in [1.807, 2.05) is 0 Å². The fraction of sp³-hybridized carbons (Fsp3) is 0.400. The molecule has 0 bridgehead atoms. The third kappa shape index (κ3) is 27.3. The molecule has 0 aromatic carbocycles. The van der Waals surface area contributed by atoms with Crippen molar-refractivity contribution in [3.8, 4) is 0 Å². The van der Waals surface area contributed by atoms with Gasteiger partial charge in [0, 0.05) is 0 Å². The van der Waals surface area contributed by atoms with Crippen molar-refractivity contribution in [2.24, 2.45) is 0 Å². The van der Waals surface area contributed by atoms with Crippen LogP contribution in [0.4, 0.5) is 17.6 Å². The van der Waals surface area contributed by atoms with E-state index in [9.17, 15) is 22.4 Å². The standard InChI is InChI=1S/C3H6O.C2F4/c1-3(2)4;3-1(4)2(5)6/h1-2H3;. The van der Waals surface area contributed by atoms with Crippen molar-refractivity contribution < 1.29 is 22.4 Å². The molecule has 0 radical (unpaired) electrons. The summed E-state index contributed by atoms with van der Waals surface area (Å²) in [5, 5.41) is 0. The Kier molecular flexibility index (Phi) is 7.42. The summed E-state index contributed by atoms with van der Waals surface area (Å²) in [5.41, 5.74) is 0. The van der Waals surface area contributed by atoms with E-state index in [0.717, 1.165) is 0 Å². The van der Waals surface area contributed by atoms with E-state index < -0.39 is 12.2 Å². The third-order valence-electron chi connectivity index (χ3n) is 0.143. The second-order valence-corrected chi connectivity index (χ2v) is 1.43. The van der Waals surface area contributed by atoms with Crippen LogP contribution in [0.1, 0.15) is 13.8 Å². The zero-order valence-electron chi connectivity index (χ0n) is 5.42. The van der Waals surface area contributed by atoms with Crippen molar-refractivity contribution >= 4 is 5.78 Å². The van der Waals surface area contributed by atoms with Gasteiger partial charge in [-0.25, -0.2) is 0 Å². The summed E-state index contributed by atoms with van der Waals surface area (Å²) in [5.74, 6) is 0.167. The summed E-state index contributed by atoms with van der Waals surface area (Å²) in [6.45, 7) is 3.06. The van der Waals surface area contributed by atoms with Gasteiger partial charge in [-0.15, -0.1) is 0 Å². The SMILES string of the molecule is CC(C)=O.FC(F)=C(F)F. The quantitative estimate of drug-likeness (QED) is 0.495. The number of rotatable bonds is 0. The average molecular weight is 158 g/mol. The maximum absolute atomic E-state index is 10.3. The second kappa shape index (κ2) is 6.25. The number of hydrogen-bond donors (Lipinski definition) is 0. The van der Waals surface area contributed by atoms with Crippen LogP contribution in [0.5, 0.6) is 0 Å². The van der Waals surface area contributed by atoms with E-state index in [1.54, 1.807) is 0 Å². The molecular weight excluding hydrogens is 152 g/mol. The number of carbonyl (C=O) groups is 1. The summed E-state index contributed by atoms with van der Waals surface area (Å²) in [6, 6.07) is 0. The first-order valence-corrected chi connectivity index (χ1v) is 2.21. The Hall–Kier alpha value is -0.870. The van der Waals surface area contributed by atoms with Gasteiger partial charge < -0.3 is 4.79 Å². The summed E-state index contributed by atoms with van der Waals surface area (Å²) < 4.78 is 41.1. The molecule has 0 rings (SSSR count). The molecule has 0 saturated carbocycles. The molecule has 0 N–H and O–H groups in total. The highest BCUT2D eigenvalue weighted by Gasteiger charge is 1.98. The summed E-state index contributed by atoms with van der Waals surface area (Å²) in [6.07, 6.45) is -5.81. The molecule has 60 valence electrons. The minimum atomic E-state index is -2.91. The molecule has 0 atom stereocenters. The van der Waals surface area contributed by atoms with E-state index >= 15 is 0 Å². The molecule has 0 aliphatic carbocycles. The first kappa shape index (κ1) is 11.9. The van der Waals surface area contributed by atoms with E-state index in [4.69, 9.17) is 0 Å². The third-order valence-corrected chi connectivity index (χ3v) is 0.143. The highest BCUT2D eigenvalue weighted by Crippen LogP contribution is 2.08. The molecule has 0 aromatic rings. The lowest BCUT2D eigenvalue weighted by atomic mass is 10.6. The molecule has 0 aliphatic heterocycles. The molecule has 0 saturated heterocycles. The van der Waals surface area contributed by atoms with E-state index in [2.05, 4.69) is 0 Å². The lowest BCUT2D eigenvalue weighted by Gasteiger charge is -1.69. The second-order valence-electron chi connectivity index (χ2n) is 1.43. The number of hydrogen-bond acceptors (Lipinski definition) is 1. The monoisotopic (exact) mass is 158 g/mol. The lowest BCUT2D eigenvalue weighted by molar-refractivity contribution is -0.114. The van der Waals surface area contributed by atoms with Gasteiger partial charge in [0.15, 0.2) is 0 Å². The lowest BCUT2D eigenvalue weighted by Crippen LogP contribution is -1.69. The van der Waals surface area contributed by atoms with Crippen molar-refractivity contribution in [2.75, 3.05) is 0 Å². The largest absolute Gasteiger partial charge is 0.334 e. The van der Waals surface area contributed by atoms with Crippen LogP contribution < -0.4 is 0 Å². The van der Waals surface area contributed by atoms with Gasteiger partial charge >= 0.3 is 12.2 Å². The topological polar surface area (TPSA) is 17.1 Å². The molecule has 0 amide bonds. The first-order valence-electron chi connectivity index (χ1n) is 2.21. The van der Waals surface area contributed by atoms with E-state index in [-0.39, 0.29) is 5.78 Å². The van der Waals surface area contributed by atoms with Crippen LogP contribution in [0.15, 0.2) is 12.2 Å². The van der Waals surface area contributed by atoms with Crippen molar-refractivity contribution in [3.63, 3.8) is 0 Å². The summed E-state index contributed by atoms with van der Waals surface area (Å²) in [7, 11) is 0. The highest BCUT2D eigenvalue weighted by molar-refractivity contribution is 5.72. The van der Waals surface area contributed by atoms with Crippen LogP contribution in [-0.2, 0) is 4.79 Å². The van der Waals surface area contributed by atoms with Crippen LogP contribution in [0.25, 0.3) is 0 Å². The number of Topliss-reactive ketones (excluding diaryl/α,β-unsaturated/α-hetero) is 1. The van der Waals surface area contributed by atoms with Crippen LogP contribution in [0.2, 0.25) is 0 Å². The Morgan fingerprint density at radius 2 is 1.00 bits per heavy atom. The van der Waals surface area contributed by atoms with Gasteiger partial charge in [0.2, 0.25) is 0 Å². The molecule has 0 aliphatic rings. The van der Waals surface area contributed by atoms with Gasteiger partial charge in [0.05, 0.1) is 0 Å². The molecule has 0 fully saturated rings. The summed E-state index contributed by atoms with van der Waals surface area (Å²) >= 11 is 0. The van der Waals surface area contributed by atoms with Gasteiger partial charge in [-0.3, -0.25) is 0 Å². The normalized spacial score (nSPS) is 7.40. The molecule has 0 aromatic heterocycles. The van der Waals surface area contributed by atoms with Gasteiger partial charge in [-0.2, -0.15) is 17.6 Å². The Bertz CT molecular complexity index is 119. The van der Waals surface area contributed by atoms with E-state index in [1.165, 1.54) is 13.8 Å². The summed E-state index contributed by atoms with van der Waals surface area (Å²) in [4.78, 5) is 9.44. The van der Waals surface area contributed by atoms with Gasteiger partial charge in [0.25, 0.3) is 0 Å². The van der Waals surface area contributed by atoms with Crippen molar-refractivity contribution in [1.82, 2.24) is 0 Å². The smallest absolute Gasteiger partial charge is 0.300 e. The fourth-order valence-electron chi connectivity index (χ4n) is 0. The van der Waals surface area contributed by atoms with Crippen LogP contribution in [-0.4, -0.2) is 5.78 Å². The maximum Gasteiger partial charge on any atom is 0.334 e. The zero-order valence-corrected chi connectivity index (χ0v) is 5.42. The van der Waals surface area contributed by atoms with Crippen molar-refractivity contribution in [1.29, 1.82) is 0 Å². The Morgan fingerprint density at radius 1 is 0.900 bits per heavy atom. The number of carbonyl (C=O) groups excluding carboxylic acids is 1. The molecule has 0 spiro atoms. The number of ketones is 1. The van der Waals surface area contributed by atoms with Crippen molar-refractivity contribution in [3.05, 3.63) is 12.2 Å². The van der Waals surface area contributed by atoms with Crippen LogP contribution in [0.3, 0.4) is 0 Å². The van der Waals surface area contributed by atoms with Gasteiger partial charge in [-0.1, -0.05) is 0 Å². The van der Waals surface area contributed by atoms with Crippen molar-refractivity contribution in [2.45, 2.75) is 13.8 Å². The van der Waals surface area contributed by atoms with Gasteiger partial charge in [0.1, 0.15) is 5.78 Å². The average Bonchev–Trinajstić information content (AvgIpc) is 1.63. The fourth-order valence-corrected chi connectivity index (χ4v) is 0. The molecule has 5 heteroatoms. The molecule has 10 heavy (non-hydrogen) atoms. The molecule has 0 unspecified atom stereocenters. The van der Waals surface area contributed by atoms with Gasteiger partial charge in [-0.05, 0) is 13.8 Å². The maximum atomic E-state index is 10.3. The molecular formula is C5H6F4O. The number of halogens is 4. The molecule has 0 heterocycles. The van der Waals surface area contributed by atoms with E-state index in [0.29, 0.717) is 0 Å². The van der Waals surface area contributed by atoms with Crippen LogP contribution in [0, 0.1) is 0 Å². The van der Waals surface area contributed by atoms with Crippen LogP contribution >= 0.6 is 0 Å². The predicted octanol–water partition coefficient (Wildman–Crippen LogP) is 2.59.